The molecule has 0 heterocycles. The molecule has 76 heavy (non-hydrogen) atoms. The molecule has 0 aromatic heterocycles. The van der Waals surface area contributed by atoms with Crippen LogP contribution in [0.2, 0.25) is 0 Å². The number of rotatable bonds is 66. The summed E-state index contributed by atoms with van der Waals surface area (Å²) in [6.07, 6.45) is 81.5. The van der Waals surface area contributed by atoms with Crippen molar-refractivity contribution >= 4 is 11.9 Å². The summed E-state index contributed by atoms with van der Waals surface area (Å²) in [6.45, 7) is 4.94. The fraction of sp³-hybridized carbons (Fsp3) is 0.943. The van der Waals surface area contributed by atoms with Crippen molar-refractivity contribution < 1.29 is 24.5 Å². The van der Waals surface area contributed by atoms with Gasteiger partial charge in [0.05, 0.1) is 25.4 Å². The summed E-state index contributed by atoms with van der Waals surface area (Å²) in [5.41, 5.74) is 0. The number of unbranched alkanes of at least 4 members (excludes halogenated alkanes) is 55. The third-order valence-electron chi connectivity index (χ3n) is 16.6. The van der Waals surface area contributed by atoms with Crippen LogP contribution in [0.25, 0.3) is 0 Å². The number of amides is 1. The summed E-state index contributed by atoms with van der Waals surface area (Å²) in [7, 11) is 0. The van der Waals surface area contributed by atoms with Gasteiger partial charge in [-0.25, -0.2) is 0 Å². The second-order valence-corrected chi connectivity index (χ2v) is 24.2. The zero-order valence-corrected chi connectivity index (χ0v) is 51.8. The summed E-state index contributed by atoms with van der Waals surface area (Å²) in [6, 6.07) is -0.624. The molecule has 3 N–H and O–H groups in total. The summed E-state index contributed by atoms with van der Waals surface area (Å²) in [5.74, 6) is -0.0385. The lowest BCUT2D eigenvalue weighted by Crippen LogP contribution is -2.45. The third-order valence-corrected chi connectivity index (χ3v) is 16.6. The summed E-state index contributed by atoms with van der Waals surface area (Å²) in [4.78, 5) is 24.6. The molecular formula is C70H137NO5. The number of hydrogen-bond acceptors (Lipinski definition) is 5. The topological polar surface area (TPSA) is 95.9 Å². The van der Waals surface area contributed by atoms with Crippen LogP contribution < -0.4 is 5.32 Å². The summed E-state index contributed by atoms with van der Waals surface area (Å²) < 4.78 is 5.51. The molecule has 2 unspecified atom stereocenters. The van der Waals surface area contributed by atoms with Gasteiger partial charge in [-0.1, -0.05) is 366 Å². The van der Waals surface area contributed by atoms with Crippen LogP contribution in [0.1, 0.15) is 399 Å². The van der Waals surface area contributed by atoms with Gasteiger partial charge in [0.2, 0.25) is 5.91 Å². The fourth-order valence-corrected chi connectivity index (χ4v) is 11.2. The van der Waals surface area contributed by atoms with Crippen molar-refractivity contribution in [1.29, 1.82) is 0 Å². The van der Waals surface area contributed by atoms with Crippen molar-refractivity contribution in [3.8, 4) is 0 Å². The molecule has 0 aromatic carbocycles. The molecule has 0 aliphatic heterocycles. The van der Waals surface area contributed by atoms with Crippen LogP contribution in [-0.2, 0) is 14.3 Å². The molecule has 6 heteroatoms. The SMILES string of the molecule is CCCCCCCCCCCCCC/C=C/C(O)C(CO)NC(=O)CCCCCCCCCCCCCCCCCCCCCCCCCCCCCCCOC(=O)CCCCCCCCCCCCCCCCCC. The highest BCUT2D eigenvalue weighted by Gasteiger charge is 2.18. The monoisotopic (exact) mass is 1070 g/mol. The number of carbonyl (C=O) groups excluding carboxylic acids is 2. The molecule has 0 bridgehead atoms. The number of nitrogens with one attached hydrogen (secondary N) is 1. The molecule has 0 radical (unpaired) electrons. The molecule has 0 spiro atoms. The number of esters is 1. The van der Waals surface area contributed by atoms with Gasteiger partial charge in [-0.2, -0.15) is 0 Å². The quantitative estimate of drug-likeness (QED) is 0.0320. The van der Waals surface area contributed by atoms with E-state index in [1.54, 1.807) is 6.08 Å². The van der Waals surface area contributed by atoms with E-state index in [1.165, 1.54) is 334 Å². The minimum atomic E-state index is -0.841. The molecule has 0 saturated carbocycles. The van der Waals surface area contributed by atoms with Crippen LogP contribution in [0.3, 0.4) is 0 Å². The molecule has 0 aromatic rings. The van der Waals surface area contributed by atoms with Crippen molar-refractivity contribution in [3.63, 3.8) is 0 Å². The number of aliphatic hydroxyl groups excluding tert-OH is 2. The Labute approximate surface area is 476 Å². The normalized spacial score (nSPS) is 12.5. The molecule has 0 aliphatic carbocycles. The number of aliphatic hydroxyl groups is 2. The first-order valence-electron chi connectivity index (χ1n) is 35.0. The minimum absolute atomic E-state index is 0.0235. The predicted molar refractivity (Wildman–Crippen MR) is 333 cm³/mol. The van der Waals surface area contributed by atoms with E-state index in [0.29, 0.717) is 19.4 Å². The van der Waals surface area contributed by atoms with E-state index in [4.69, 9.17) is 4.74 Å². The van der Waals surface area contributed by atoms with Gasteiger partial charge in [-0.15, -0.1) is 0 Å². The van der Waals surface area contributed by atoms with E-state index < -0.39 is 12.1 Å². The van der Waals surface area contributed by atoms with E-state index in [9.17, 15) is 19.8 Å². The number of carbonyl (C=O) groups is 2. The molecule has 0 aliphatic rings. The predicted octanol–water partition coefficient (Wildman–Crippen LogP) is 22.4. The van der Waals surface area contributed by atoms with Crippen LogP contribution in [0.4, 0.5) is 0 Å². The minimum Gasteiger partial charge on any atom is -0.466 e. The summed E-state index contributed by atoms with van der Waals surface area (Å²) >= 11 is 0. The first kappa shape index (κ1) is 74.6. The smallest absolute Gasteiger partial charge is 0.305 e. The van der Waals surface area contributed by atoms with E-state index >= 15 is 0 Å². The molecule has 452 valence electrons. The highest BCUT2D eigenvalue weighted by Crippen LogP contribution is 2.19. The van der Waals surface area contributed by atoms with Crippen molar-refractivity contribution in [1.82, 2.24) is 5.32 Å². The van der Waals surface area contributed by atoms with Crippen LogP contribution >= 0.6 is 0 Å². The lowest BCUT2D eigenvalue weighted by molar-refractivity contribution is -0.143. The van der Waals surface area contributed by atoms with Crippen LogP contribution in [0.5, 0.6) is 0 Å². The Bertz CT molecular complexity index is 1140. The van der Waals surface area contributed by atoms with Crippen LogP contribution in [-0.4, -0.2) is 47.4 Å². The molecule has 1 amide bonds. The standard InChI is InChI=1S/C70H137NO5/c1-3-5-7-9-11-13-15-17-19-36-40-44-48-52-56-60-64-70(75)76-65-61-57-53-49-45-41-37-34-32-30-28-26-24-22-20-21-23-25-27-29-31-33-35-39-43-47-51-55-59-63-69(74)71-67(66-72)68(73)62-58-54-50-46-42-38-18-16-14-12-10-8-6-4-2/h58,62,67-68,72-73H,3-57,59-61,63-66H2,1-2H3,(H,71,74)/b62-58+. The summed E-state index contributed by atoms with van der Waals surface area (Å²) in [5, 5.41) is 23.1. The first-order valence-corrected chi connectivity index (χ1v) is 35.0. The van der Waals surface area contributed by atoms with Crippen LogP contribution in [0, 0.1) is 0 Å². The van der Waals surface area contributed by atoms with Gasteiger partial charge in [0.1, 0.15) is 0 Å². The Kier molecular flexibility index (Phi) is 64.9. The van der Waals surface area contributed by atoms with Gasteiger partial charge >= 0.3 is 5.97 Å². The van der Waals surface area contributed by atoms with Crippen molar-refractivity contribution in [2.24, 2.45) is 0 Å². The van der Waals surface area contributed by atoms with Crippen molar-refractivity contribution in [3.05, 3.63) is 12.2 Å². The Morgan fingerprint density at radius 1 is 0.355 bits per heavy atom. The lowest BCUT2D eigenvalue weighted by atomic mass is 10.0. The van der Waals surface area contributed by atoms with Gasteiger partial charge in [0.25, 0.3) is 0 Å². The van der Waals surface area contributed by atoms with Crippen molar-refractivity contribution in [2.75, 3.05) is 13.2 Å². The number of hydrogen-bond donors (Lipinski definition) is 3. The number of allylic oxidation sites excluding steroid dienone is 1. The fourth-order valence-electron chi connectivity index (χ4n) is 11.2. The average Bonchev–Trinajstić information content (AvgIpc) is 3.42. The van der Waals surface area contributed by atoms with Crippen molar-refractivity contribution in [2.45, 2.75) is 411 Å². The maximum Gasteiger partial charge on any atom is 0.305 e. The molecule has 0 rings (SSSR count). The molecule has 0 fully saturated rings. The largest absolute Gasteiger partial charge is 0.466 e. The van der Waals surface area contributed by atoms with E-state index in [2.05, 4.69) is 19.2 Å². The Morgan fingerprint density at radius 2 is 0.605 bits per heavy atom. The first-order chi connectivity index (χ1) is 37.5. The van der Waals surface area contributed by atoms with Gasteiger partial charge in [-0.05, 0) is 32.1 Å². The Hall–Kier alpha value is -1.40. The average molecular weight is 1070 g/mol. The van der Waals surface area contributed by atoms with Gasteiger partial charge < -0.3 is 20.3 Å². The molecule has 6 nitrogen and oxygen atoms in total. The maximum atomic E-state index is 12.5. The number of ether oxygens (including phenoxy) is 1. The van der Waals surface area contributed by atoms with Gasteiger partial charge in [-0.3, -0.25) is 9.59 Å². The molecule has 2 atom stereocenters. The van der Waals surface area contributed by atoms with E-state index in [1.807, 2.05) is 6.08 Å². The molecular weight excluding hydrogens is 935 g/mol. The highest BCUT2D eigenvalue weighted by atomic mass is 16.5. The Balaban J connectivity index is 3.32. The van der Waals surface area contributed by atoms with E-state index in [0.717, 1.165) is 38.5 Å². The van der Waals surface area contributed by atoms with E-state index in [-0.39, 0.29) is 18.5 Å². The zero-order valence-electron chi connectivity index (χ0n) is 51.8. The second-order valence-electron chi connectivity index (χ2n) is 24.2. The lowest BCUT2D eigenvalue weighted by Gasteiger charge is -2.20. The van der Waals surface area contributed by atoms with Crippen LogP contribution in [0.15, 0.2) is 12.2 Å². The van der Waals surface area contributed by atoms with Gasteiger partial charge in [0, 0.05) is 12.8 Å². The zero-order chi connectivity index (χ0) is 55.0. The second kappa shape index (κ2) is 66.1. The highest BCUT2D eigenvalue weighted by molar-refractivity contribution is 5.76. The third kappa shape index (κ3) is 61.8. The Morgan fingerprint density at radius 3 is 0.895 bits per heavy atom. The van der Waals surface area contributed by atoms with Gasteiger partial charge in [0.15, 0.2) is 0 Å². The maximum absolute atomic E-state index is 12.5. The molecule has 0 saturated heterocycles.